The van der Waals surface area contributed by atoms with Crippen LogP contribution in [-0.4, -0.2) is 5.91 Å². The van der Waals surface area contributed by atoms with Crippen molar-refractivity contribution in [1.29, 1.82) is 0 Å². The Labute approximate surface area is 103 Å². The molecule has 1 aromatic carbocycles. The predicted octanol–water partition coefficient (Wildman–Crippen LogP) is 3.57. The minimum absolute atomic E-state index is 0.0813. The molecule has 18 heavy (non-hydrogen) atoms. The smallest absolute Gasteiger partial charge is 0.325 e. The van der Waals surface area contributed by atoms with E-state index in [0.29, 0.717) is 11.3 Å². The van der Waals surface area contributed by atoms with E-state index < -0.39 is 17.2 Å². The van der Waals surface area contributed by atoms with E-state index in [1.807, 2.05) is 13.8 Å². The third-order valence-corrected chi connectivity index (χ3v) is 3.78. The van der Waals surface area contributed by atoms with Crippen molar-refractivity contribution >= 4 is 11.6 Å². The molecular weight excluding hydrogens is 243 g/mol. The number of carbonyl (C=O) groups is 1. The Morgan fingerprint density at radius 3 is 2.39 bits per heavy atom. The largest absolute Gasteiger partial charge is 0.416 e. The van der Waals surface area contributed by atoms with E-state index in [1.54, 1.807) is 6.92 Å². The fraction of sp³-hybridized carbons (Fsp3) is 0.462. The average Bonchev–Trinajstić information content (AvgIpc) is 2.51. The molecule has 0 spiro atoms. The minimum Gasteiger partial charge on any atom is -0.325 e. The predicted molar refractivity (Wildman–Crippen MR) is 62.3 cm³/mol. The third-order valence-electron chi connectivity index (χ3n) is 3.78. The quantitative estimate of drug-likeness (QED) is 0.818. The lowest BCUT2D eigenvalue weighted by atomic mass is 9.74. The van der Waals surface area contributed by atoms with Crippen LogP contribution in [0.2, 0.25) is 0 Å². The van der Waals surface area contributed by atoms with Crippen LogP contribution in [0.15, 0.2) is 18.2 Å². The molecule has 0 saturated carbocycles. The second-order valence-corrected chi connectivity index (χ2v) is 5.07. The summed E-state index contributed by atoms with van der Waals surface area (Å²) in [6.07, 6.45) is -4.39. The standard InChI is InChI=1S/C13H14F3NO/c1-7(2)12(3)9-6-8(13(14,15)16)4-5-10(9)17-11(12)18/h4-7H,1-3H3,(H,17,18). The number of hydrogen-bond donors (Lipinski definition) is 1. The van der Waals surface area contributed by atoms with Crippen LogP contribution < -0.4 is 5.32 Å². The summed E-state index contributed by atoms with van der Waals surface area (Å²) in [7, 11) is 0. The molecule has 0 bridgehead atoms. The Bertz CT molecular complexity index is 507. The summed E-state index contributed by atoms with van der Waals surface area (Å²) >= 11 is 0. The highest BCUT2D eigenvalue weighted by molar-refractivity contribution is 6.06. The molecule has 1 aliphatic rings. The van der Waals surface area contributed by atoms with Crippen LogP contribution in [0.5, 0.6) is 0 Å². The van der Waals surface area contributed by atoms with Crippen LogP contribution in [0.1, 0.15) is 31.9 Å². The first kappa shape index (κ1) is 12.9. The van der Waals surface area contributed by atoms with E-state index in [0.717, 1.165) is 12.1 Å². The van der Waals surface area contributed by atoms with Gasteiger partial charge in [-0.05, 0) is 36.6 Å². The van der Waals surface area contributed by atoms with Gasteiger partial charge in [-0.3, -0.25) is 4.79 Å². The summed E-state index contributed by atoms with van der Waals surface area (Å²) < 4.78 is 38.1. The van der Waals surface area contributed by atoms with E-state index in [9.17, 15) is 18.0 Å². The number of alkyl halides is 3. The van der Waals surface area contributed by atoms with Crippen LogP contribution in [0.25, 0.3) is 0 Å². The normalized spacial score (nSPS) is 23.2. The summed E-state index contributed by atoms with van der Waals surface area (Å²) in [5, 5.41) is 2.64. The summed E-state index contributed by atoms with van der Waals surface area (Å²) in [5.74, 6) is -0.325. The van der Waals surface area contributed by atoms with Crippen LogP contribution in [0, 0.1) is 5.92 Å². The van der Waals surface area contributed by atoms with Crippen molar-refractivity contribution in [2.75, 3.05) is 5.32 Å². The van der Waals surface area contributed by atoms with E-state index in [1.165, 1.54) is 6.07 Å². The van der Waals surface area contributed by atoms with Crippen molar-refractivity contribution in [3.05, 3.63) is 29.3 Å². The van der Waals surface area contributed by atoms with Crippen molar-refractivity contribution in [2.45, 2.75) is 32.4 Å². The number of halogens is 3. The van der Waals surface area contributed by atoms with Crippen LogP contribution in [-0.2, 0) is 16.4 Å². The molecule has 2 nitrogen and oxygen atoms in total. The lowest BCUT2D eigenvalue weighted by Crippen LogP contribution is -2.36. The topological polar surface area (TPSA) is 29.1 Å². The molecule has 0 radical (unpaired) electrons. The van der Waals surface area contributed by atoms with Gasteiger partial charge in [0.2, 0.25) is 5.91 Å². The van der Waals surface area contributed by atoms with Crippen molar-refractivity contribution in [2.24, 2.45) is 5.92 Å². The molecule has 1 aromatic rings. The zero-order valence-electron chi connectivity index (χ0n) is 10.4. The number of fused-ring (bicyclic) bond motifs is 1. The van der Waals surface area contributed by atoms with E-state index in [2.05, 4.69) is 5.32 Å². The number of nitrogens with one attached hydrogen (secondary N) is 1. The molecule has 0 aliphatic carbocycles. The van der Waals surface area contributed by atoms with Crippen molar-refractivity contribution in [1.82, 2.24) is 0 Å². The van der Waals surface area contributed by atoms with Gasteiger partial charge in [-0.15, -0.1) is 0 Å². The molecule has 5 heteroatoms. The van der Waals surface area contributed by atoms with Gasteiger partial charge >= 0.3 is 6.18 Å². The van der Waals surface area contributed by atoms with Gasteiger partial charge in [-0.1, -0.05) is 13.8 Å². The van der Waals surface area contributed by atoms with Crippen molar-refractivity contribution < 1.29 is 18.0 Å². The van der Waals surface area contributed by atoms with Crippen LogP contribution in [0.3, 0.4) is 0 Å². The lowest BCUT2D eigenvalue weighted by molar-refractivity contribution is -0.137. The molecule has 1 heterocycles. The Morgan fingerprint density at radius 2 is 1.89 bits per heavy atom. The average molecular weight is 257 g/mol. The molecule has 1 N–H and O–H groups in total. The Balaban J connectivity index is 2.60. The maximum absolute atomic E-state index is 12.7. The first-order chi connectivity index (χ1) is 8.17. The molecule has 0 aromatic heterocycles. The minimum atomic E-state index is -4.39. The fourth-order valence-corrected chi connectivity index (χ4v) is 2.21. The zero-order valence-corrected chi connectivity index (χ0v) is 10.4. The molecule has 0 saturated heterocycles. The Kier molecular flexibility index (Phi) is 2.68. The second-order valence-electron chi connectivity index (χ2n) is 5.07. The van der Waals surface area contributed by atoms with Gasteiger partial charge < -0.3 is 5.32 Å². The Hall–Kier alpha value is -1.52. The molecule has 2 rings (SSSR count). The highest BCUT2D eigenvalue weighted by Crippen LogP contribution is 2.44. The van der Waals surface area contributed by atoms with Gasteiger partial charge in [0.25, 0.3) is 0 Å². The molecule has 1 unspecified atom stereocenters. The van der Waals surface area contributed by atoms with Gasteiger partial charge in [0.05, 0.1) is 11.0 Å². The highest BCUT2D eigenvalue weighted by Gasteiger charge is 2.46. The van der Waals surface area contributed by atoms with Gasteiger partial charge in [-0.25, -0.2) is 0 Å². The number of amides is 1. The van der Waals surface area contributed by atoms with Crippen molar-refractivity contribution in [3.63, 3.8) is 0 Å². The van der Waals surface area contributed by atoms with Crippen LogP contribution in [0.4, 0.5) is 18.9 Å². The molecule has 98 valence electrons. The maximum Gasteiger partial charge on any atom is 0.416 e. The molecule has 1 amide bonds. The Morgan fingerprint density at radius 1 is 1.28 bits per heavy atom. The SMILES string of the molecule is CC(C)C1(C)C(=O)Nc2ccc(C(F)(F)F)cc21. The zero-order chi connectivity index (χ0) is 13.7. The molecule has 0 fully saturated rings. The monoisotopic (exact) mass is 257 g/mol. The van der Waals surface area contributed by atoms with Gasteiger partial charge in [0.15, 0.2) is 0 Å². The fourth-order valence-electron chi connectivity index (χ4n) is 2.21. The number of carbonyl (C=O) groups excluding carboxylic acids is 1. The maximum atomic E-state index is 12.7. The summed E-state index contributed by atoms with van der Waals surface area (Å²) in [4.78, 5) is 12.0. The first-order valence-corrected chi connectivity index (χ1v) is 5.70. The highest BCUT2D eigenvalue weighted by atomic mass is 19.4. The van der Waals surface area contributed by atoms with Crippen LogP contribution >= 0.6 is 0 Å². The van der Waals surface area contributed by atoms with E-state index in [4.69, 9.17) is 0 Å². The number of hydrogen-bond acceptors (Lipinski definition) is 1. The summed E-state index contributed by atoms with van der Waals surface area (Å²) in [6.45, 7) is 5.34. The van der Waals surface area contributed by atoms with Gasteiger partial charge in [0.1, 0.15) is 0 Å². The lowest BCUT2D eigenvalue weighted by Gasteiger charge is -2.27. The molecular formula is C13H14F3NO. The first-order valence-electron chi connectivity index (χ1n) is 5.70. The second kappa shape index (κ2) is 3.73. The summed E-state index contributed by atoms with van der Waals surface area (Å²) in [5.41, 5.74) is -0.720. The number of benzene rings is 1. The van der Waals surface area contributed by atoms with E-state index in [-0.39, 0.29) is 11.8 Å². The molecule has 1 atom stereocenters. The number of anilines is 1. The van der Waals surface area contributed by atoms with Gasteiger partial charge in [-0.2, -0.15) is 13.2 Å². The molecule has 1 aliphatic heterocycles. The third kappa shape index (κ3) is 1.69. The number of rotatable bonds is 1. The van der Waals surface area contributed by atoms with E-state index >= 15 is 0 Å². The summed E-state index contributed by atoms with van der Waals surface area (Å²) in [6, 6.07) is 3.39. The van der Waals surface area contributed by atoms with Gasteiger partial charge in [0, 0.05) is 5.69 Å². The van der Waals surface area contributed by atoms with Crippen molar-refractivity contribution in [3.8, 4) is 0 Å².